The van der Waals surface area contributed by atoms with E-state index in [1.54, 1.807) is 18.4 Å². The van der Waals surface area contributed by atoms with Crippen LogP contribution in [0.2, 0.25) is 0 Å². The van der Waals surface area contributed by atoms with Gasteiger partial charge in [-0.1, -0.05) is 12.1 Å². The van der Waals surface area contributed by atoms with Gasteiger partial charge in [0.05, 0.1) is 17.4 Å². The van der Waals surface area contributed by atoms with Crippen LogP contribution in [0, 0.1) is 6.92 Å². The Morgan fingerprint density at radius 1 is 1.00 bits per heavy atom. The van der Waals surface area contributed by atoms with Crippen LogP contribution in [-0.4, -0.2) is 10.2 Å². The lowest BCUT2D eigenvalue weighted by Crippen LogP contribution is -1.88. The molecule has 2 heterocycles. The first-order chi connectivity index (χ1) is 8.75. The molecular weight excluding hydrogens is 230 g/mol. The molecule has 1 aromatic carbocycles. The third-order valence-electron chi connectivity index (χ3n) is 2.71. The van der Waals surface area contributed by atoms with Crippen LogP contribution in [0.15, 0.2) is 45.4 Å². The number of para-hydroxylation sites is 1. The molecule has 0 aliphatic heterocycles. The van der Waals surface area contributed by atoms with Crippen LogP contribution >= 0.6 is 0 Å². The average Bonchev–Trinajstić information content (AvgIpc) is 2.98. The summed E-state index contributed by atoms with van der Waals surface area (Å²) in [4.78, 5) is 0. The second-order valence-electron chi connectivity index (χ2n) is 3.89. The van der Waals surface area contributed by atoms with Crippen LogP contribution in [0.25, 0.3) is 22.9 Å². The second-order valence-corrected chi connectivity index (χ2v) is 3.89. The molecule has 0 radical (unpaired) electrons. The quantitative estimate of drug-likeness (QED) is 0.698. The summed E-state index contributed by atoms with van der Waals surface area (Å²) in [7, 11) is 0. The van der Waals surface area contributed by atoms with Gasteiger partial charge in [0.15, 0.2) is 0 Å². The minimum absolute atomic E-state index is 0.406. The zero-order valence-electron chi connectivity index (χ0n) is 9.75. The molecule has 0 amide bonds. The summed E-state index contributed by atoms with van der Waals surface area (Å²) in [6.07, 6.45) is 1.59. The first-order valence-corrected chi connectivity index (χ1v) is 5.48. The van der Waals surface area contributed by atoms with Crippen LogP contribution in [0.3, 0.4) is 0 Å². The Morgan fingerprint density at radius 2 is 1.72 bits per heavy atom. The Bertz CT molecular complexity index is 685. The normalized spacial score (nSPS) is 10.7. The highest BCUT2D eigenvalue weighted by molar-refractivity contribution is 5.70. The lowest BCUT2D eigenvalue weighted by atomic mass is 10.2. The third-order valence-corrected chi connectivity index (χ3v) is 2.71. The van der Waals surface area contributed by atoms with Crippen molar-refractivity contribution < 1.29 is 8.83 Å². The minimum Gasteiger partial charge on any atom is -0.469 e. The van der Waals surface area contributed by atoms with Crippen molar-refractivity contribution in [3.8, 4) is 22.9 Å². The van der Waals surface area contributed by atoms with Crippen LogP contribution in [-0.2, 0) is 0 Å². The topological polar surface area (TPSA) is 78.1 Å². The molecule has 0 saturated heterocycles. The Kier molecular flexibility index (Phi) is 2.37. The lowest BCUT2D eigenvalue weighted by molar-refractivity contribution is 0.530. The Balaban J connectivity index is 2.05. The fourth-order valence-electron chi connectivity index (χ4n) is 1.74. The van der Waals surface area contributed by atoms with Crippen LogP contribution in [0.4, 0.5) is 5.69 Å². The summed E-state index contributed by atoms with van der Waals surface area (Å²) in [5.74, 6) is 1.58. The van der Waals surface area contributed by atoms with Crippen molar-refractivity contribution in [2.24, 2.45) is 0 Å². The van der Waals surface area contributed by atoms with Gasteiger partial charge in [0, 0.05) is 5.69 Å². The van der Waals surface area contributed by atoms with Crippen LogP contribution in [0.1, 0.15) is 5.76 Å². The monoisotopic (exact) mass is 241 g/mol. The Labute approximate surface area is 103 Å². The average molecular weight is 241 g/mol. The van der Waals surface area contributed by atoms with Gasteiger partial charge in [-0.15, -0.1) is 10.2 Å². The lowest BCUT2D eigenvalue weighted by Gasteiger charge is -1.98. The number of nitrogen functional groups attached to an aromatic ring is 1. The van der Waals surface area contributed by atoms with Crippen molar-refractivity contribution in [1.82, 2.24) is 10.2 Å². The van der Waals surface area contributed by atoms with Gasteiger partial charge in [0.2, 0.25) is 5.89 Å². The number of hydrogen-bond donors (Lipinski definition) is 1. The van der Waals surface area contributed by atoms with E-state index in [9.17, 15) is 0 Å². The molecule has 0 saturated carbocycles. The predicted octanol–water partition coefficient (Wildman–Crippen LogP) is 2.89. The predicted molar refractivity (Wildman–Crippen MR) is 66.6 cm³/mol. The first kappa shape index (κ1) is 10.6. The third kappa shape index (κ3) is 1.66. The Hall–Kier alpha value is -2.56. The van der Waals surface area contributed by atoms with E-state index in [4.69, 9.17) is 14.6 Å². The molecule has 18 heavy (non-hydrogen) atoms. The van der Waals surface area contributed by atoms with Crippen molar-refractivity contribution >= 4 is 5.69 Å². The van der Waals surface area contributed by atoms with Gasteiger partial charge >= 0.3 is 0 Å². The highest BCUT2D eigenvalue weighted by Crippen LogP contribution is 2.29. The number of aryl methyl sites for hydroxylation is 1. The van der Waals surface area contributed by atoms with E-state index in [1.165, 1.54) is 0 Å². The number of furan rings is 1. The van der Waals surface area contributed by atoms with E-state index in [0.29, 0.717) is 17.5 Å². The van der Waals surface area contributed by atoms with Crippen molar-refractivity contribution in [2.45, 2.75) is 6.92 Å². The summed E-state index contributed by atoms with van der Waals surface area (Å²) < 4.78 is 10.8. The van der Waals surface area contributed by atoms with Gasteiger partial charge in [0.25, 0.3) is 5.89 Å². The smallest absolute Gasteiger partial charge is 0.251 e. The van der Waals surface area contributed by atoms with Crippen molar-refractivity contribution in [3.05, 3.63) is 42.4 Å². The number of nitrogens with two attached hydrogens (primary N) is 1. The van der Waals surface area contributed by atoms with Gasteiger partial charge in [-0.25, -0.2) is 0 Å². The van der Waals surface area contributed by atoms with Crippen LogP contribution in [0.5, 0.6) is 0 Å². The molecule has 5 nitrogen and oxygen atoms in total. The zero-order valence-corrected chi connectivity index (χ0v) is 9.75. The molecule has 0 spiro atoms. The molecule has 2 aromatic heterocycles. The molecule has 90 valence electrons. The van der Waals surface area contributed by atoms with Gasteiger partial charge in [-0.2, -0.15) is 0 Å². The highest BCUT2D eigenvalue weighted by Gasteiger charge is 2.15. The highest BCUT2D eigenvalue weighted by atomic mass is 16.4. The summed E-state index contributed by atoms with van der Waals surface area (Å²) in [5, 5.41) is 8.01. The number of hydrogen-bond acceptors (Lipinski definition) is 5. The van der Waals surface area contributed by atoms with E-state index in [0.717, 1.165) is 16.9 Å². The van der Waals surface area contributed by atoms with E-state index >= 15 is 0 Å². The fraction of sp³-hybridized carbons (Fsp3) is 0.0769. The fourth-order valence-corrected chi connectivity index (χ4v) is 1.74. The van der Waals surface area contributed by atoms with E-state index in [2.05, 4.69) is 10.2 Å². The maximum atomic E-state index is 5.86. The molecule has 5 heteroatoms. The summed E-state index contributed by atoms with van der Waals surface area (Å²) in [5.41, 5.74) is 8.00. The maximum Gasteiger partial charge on any atom is 0.251 e. The number of nitrogens with zero attached hydrogens (tertiary/aromatic N) is 2. The molecule has 0 bridgehead atoms. The number of benzene rings is 1. The standard InChI is InChI=1S/C13H11N3O2/c1-8-9(6-7-17-8)12-15-16-13(18-12)10-4-2-3-5-11(10)14/h2-7H,14H2,1H3. The largest absolute Gasteiger partial charge is 0.469 e. The zero-order chi connectivity index (χ0) is 12.5. The van der Waals surface area contributed by atoms with Gasteiger partial charge in [-0.05, 0) is 25.1 Å². The van der Waals surface area contributed by atoms with E-state index in [-0.39, 0.29) is 0 Å². The molecule has 0 unspecified atom stereocenters. The molecule has 3 aromatic rings. The molecule has 0 aliphatic rings. The van der Waals surface area contributed by atoms with Crippen LogP contribution < -0.4 is 5.73 Å². The van der Waals surface area contributed by atoms with Gasteiger partial charge in [-0.3, -0.25) is 0 Å². The maximum absolute atomic E-state index is 5.86. The second kappa shape index (κ2) is 4.03. The summed E-state index contributed by atoms with van der Waals surface area (Å²) in [6, 6.07) is 9.16. The van der Waals surface area contributed by atoms with Crippen molar-refractivity contribution in [1.29, 1.82) is 0 Å². The number of anilines is 1. The van der Waals surface area contributed by atoms with E-state index < -0.39 is 0 Å². The van der Waals surface area contributed by atoms with Crippen molar-refractivity contribution in [3.63, 3.8) is 0 Å². The molecule has 2 N–H and O–H groups in total. The van der Waals surface area contributed by atoms with Crippen molar-refractivity contribution in [2.75, 3.05) is 5.73 Å². The SMILES string of the molecule is Cc1occc1-c1nnc(-c2ccccc2N)o1. The minimum atomic E-state index is 0.406. The summed E-state index contributed by atoms with van der Waals surface area (Å²) in [6.45, 7) is 1.84. The van der Waals surface area contributed by atoms with E-state index in [1.807, 2.05) is 25.1 Å². The summed E-state index contributed by atoms with van der Waals surface area (Å²) >= 11 is 0. The molecular formula is C13H11N3O2. The Morgan fingerprint density at radius 3 is 2.39 bits per heavy atom. The van der Waals surface area contributed by atoms with Gasteiger partial charge < -0.3 is 14.6 Å². The molecule has 0 atom stereocenters. The molecule has 0 fully saturated rings. The molecule has 0 aliphatic carbocycles. The number of aromatic nitrogens is 2. The molecule has 3 rings (SSSR count). The first-order valence-electron chi connectivity index (χ1n) is 5.48. The number of rotatable bonds is 2. The van der Waals surface area contributed by atoms with Gasteiger partial charge in [0.1, 0.15) is 5.76 Å².